The Kier molecular flexibility index (Phi) is 9.18. The van der Waals surface area contributed by atoms with E-state index in [0.717, 1.165) is 5.75 Å². The van der Waals surface area contributed by atoms with Crippen LogP contribution in [0.5, 0.6) is 5.75 Å². The topological polar surface area (TPSA) is 99.3 Å². The molecule has 0 bridgehead atoms. The molecule has 1 unspecified atom stereocenters. The van der Waals surface area contributed by atoms with Crippen molar-refractivity contribution in [1.29, 1.82) is 0 Å². The van der Waals surface area contributed by atoms with Gasteiger partial charge in [-0.1, -0.05) is 29.8 Å². The third-order valence-corrected chi connectivity index (χ3v) is 3.35. The number of H-pyrrole nitrogens is 1. The molecule has 24 heavy (non-hydrogen) atoms. The van der Waals surface area contributed by atoms with Crippen LogP contribution in [0.2, 0.25) is 5.02 Å². The first kappa shape index (κ1) is 20.2. The third-order valence-electron chi connectivity index (χ3n) is 2.98. The first-order valence-electron chi connectivity index (χ1n) is 7.20. The van der Waals surface area contributed by atoms with Gasteiger partial charge < -0.3 is 20.5 Å². The van der Waals surface area contributed by atoms with Gasteiger partial charge in [-0.3, -0.25) is 4.79 Å². The first-order valence-corrected chi connectivity index (χ1v) is 7.58. The molecule has 1 aromatic carbocycles. The fourth-order valence-corrected chi connectivity index (χ4v) is 1.99. The van der Waals surface area contributed by atoms with E-state index in [1.807, 2.05) is 30.3 Å². The lowest BCUT2D eigenvalue weighted by molar-refractivity contribution is 0.107. The van der Waals surface area contributed by atoms with E-state index >= 15 is 0 Å². The minimum Gasteiger partial charge on any atom is -0.491 e. The van der Waals surface area contributed by atoms with E-state index in [1.54, 1.807) is 0 Å². The number of aliphatic hydroxyl groups is 1. The zero-order chi connectivity index (χ0) is 16.5. The van der Waals surface area contributed by atoms with Gasteiger partial charge in [-0.05, 0) is 12.1 Å². The Labute approximate surface area is 150 Å². The molecular formula is C15H20Cl2N4O3. The number of aromatic nitrogens is 2. The molecule has 0 aliphatic rings. The van der Waals surface area contributed by atoms with Crippen LogP contribution >= 0.6 is 24.0 Å². The van der Waals surface area contributed by atoms with Gasteiger partial charge in [0, 0.05) is 19.6 Å². The van der Waals surface area contributed by atoms with E-state index < -0.39 is 11.7 Å². The maximum atomic E-state index is 11.3. The molecule has 0 aliphatic heterocycles. The second-order valence-corrected chi connectivity index (χ2v) is 5.21. The van der Waals surface area contributed by atoms with E-state index in [1.165, 1.54) is 6.20 Å². The van der Waals surface area contributed by atoms with Crippen molar-refractivity contribution in [3.8, 4) is 5.75 Å². The van der Waals surface area contributed by atoms with E-state index in [4.69, 9.17) is 16.3 Å². The molecule has 0 saturated heterocycles. The third kappa shape index (κ3) is 6.76. The van der Waals surface area contributed by atoms with Crippen LogP contribution in [0.15, 0.2) is 41.3 Å². The predicted molar refractivity (Wildman–Crippen MR) is 96.4 cm³/mol. The molecule has 2 aromatic rings. The molecule has 2 rings (SSSR count). The highest BCUT2D eigenvalue weighted by molar-refractivity contribution is 6.32. The van der Waals surface area contributed by atoms with E-state index in [9.17, 15) is 9.90 Å². The lowest BCUT2D eigenvalue weighted by atomic mass is 10.3. The molecule has 0 radical (unpaired) electrons. The maximum absolute atomic E-state index is 11.3. The summed E-state index contributed by atoms with van der Waals surface area (Å²) in [5.74, 6) is 0.727. The van der Waals surface area contributed by atoms with Crippen LogP contribution in [-0.4, -0.2) is 47.6 Å². The van der Waals surface area contributed by atoms with Gasteiger partial charge in [0.1, 0.15) is 23.5 Å². The number of hydrogen-bond acceptors (Lipinski definition) is 6. The number of aromatic amines is 1. The van der Waals surface area contributed by atoms with Crippen molar-refractivity contribution < 1.29 is 9.84 Å². The zero-order valence-corrected chi connectivity index (χ0v) is 14.4. The summed E-state index contributed by atoms with van der Waals surface area (Å²) in [4.78, 5) is 11.3. The Morgan fingerprint density at radius 3 is 2.79 bits per heavy atom. The van der Waals surface area contributed by atoms with Gasteiger partial charge in [0.25, 0.3) is 5.56 Å². The predicted octanol–water partition coefficient (Wildman–Crippen LogP) is 1.29. The van der Waals surface area contributed by atoms with Gasteiger partial charge in [0.2, 0.25) is 0 Å². The summed E-state index contributed by atoms with van der Waals surface area (Å²) in [6, 6.07) is 9.33. The Balaban J connectivity index is 0.00000288. The fourth-order valence-electron chi connectivity index (χ4n) is 1.83. The lowest BCUT2D eigenvalue weighted by Gasteiger charge is -2.13. The summed E-state index contributed by atoms with van der Waals surface area (Å²) in [6.07, 6.45) is 0.840. The molecule has 132 valence electrons. The lowest BCUT2D eigenvalue weighted by Crippen LogP contribution is -2.34. The number of ether oxygens (including phenoxy) is 1. The number of anilines is 1. The molecule has 0 amide bonds. The number of rotatable bonds is 9. The van der Waals surface area contributed by atoms with Gasteiger partial charge in [-0.15, -0.1) is 12.4 Å². The highest BCUT2D eigenvalue weighted by Gasteiger charge is 2.06. The van der Waals surface area contributed by atoms with Gasteiger partial charge in [0.15, 0.2) is 0 Å². The van der Waals surface area contributed by atoms with Crippen LogP contribution in [0, 0.1) is 0 Å². The van der Waals surface area contributed by atoms with E-state index in [0.29, 0.717) is 25.3 Å². The van der Waals surface area contributed by atoms with Crippen molar-refractivity contribution in [1.82, 2.24) is 15.5 Å². The number of aliphatic hydroxyl groups excluding tert-OH is 1. The first-order chi connectivity index (χ1) is 11.2. The second kappa shape index (κ2) is 10.9. The molecule has 0 aliphatic carbocycles. The number of benzene rings is 1. The molecule has 0 spiro atoms. The number of nitrogens with one attached hydrogen (secondary N) is 3. The molecule has 1 atom stereocenters. The Morgan fingerprint density at radius 2 is 2.04 bits per heavy atom. The number of para-hydroxylation sites is 1. The van der Waals surface area contributed by atoms with Crippen LogP contribution in [0.3, 0.4) is 0 Å². The number of hydrogen-bond donors (Lipinski definition) is 4. The largest absolute Gasteiger partial charge is 0.491 e. The summed E-state index contributed by atoms with van der Waals surface area (Å²) in [7, 11) is 0. The average molecular weight is 375 g/mol. The zero-order valence-electron chi connectivity index (χ0n) is 12.9. The van der Waals surface area contributed by atoms with Crippen molar-refractivity contribution in [2.75, 3.05) is 31.6 Å². The highest BCUT2D eigenvalue weighted by Crippen LogP contribution is 2.13. The van der Waals surface area contributed by atoms with E-state index in [-0.39, 0.29) is 24.0 Å². The molecule has 7 nitrogen and oxygen atoms in total. The van der Waals surface area contributed by atoms with Crippen LogP contribution in [0.25, 0.3) is 0 Å². The SMILES string of the molecule is Cl.O=c1[nH]ncc(NCCNCC(O)COc2ccccc2)c1Cl. The Morgan fingerprint density at radius 1 is 1.29 bits per heavy atom. The molecule has 1 aromatic heterocycles. The van der Waals surface area contributed by atoms with Gasteiger partial charge >= 0.3 is 0 Å². The van der Waals surface area contributed by atoms with Crippen molar-refractivity contribution in [2.45, 2.75) is 6.10 Å². The summed E-state index contributed by atoms with van der Waals surface area (Å²) < 4.78 is 5.45. The molecule has 0 saturated carbocycles. The smallest absolute Gasteiger partial charge is 0.285 e. The minimum atomic E-state index is -0.611. The molecule has 4 N–H and O–H groups in total. The molecule has 1 heterocycles. The van der Waals surface area contributed by atoms with Crippen LogP contribution in [0.1, 0.15) is 0 Å². The Hall–Kier alpha value is -1.80. The van der Waals surface area contributed by atoms with Crippen LogP contribution < -0.4 is 20.9 Å². The Bertz CT molecular complexity index is 655. The summed E-state index contributed by atoms with van der Waals surface area (Å²) >= 11 is 5.83. The van der Waals surface area contributed by atoms with Crippen molar-refractivity contribution in [3.63, 3.8) is 0 Å². The minimum absolute atomic E-state index is 0. The number of halogens is 2. The quantitative estimate of drug-likeness (QED) is 0.493. The van der Waals surface area contributed by atoms with Crippen LogP contribution in [-0.2, 0) is 0 Å². The van der Waals surface area contributed by atoms with E-state index in [2.05, 4.69) is 20.8 Å². The van der Waals surface area contributed by atoms with Gasteiger partial charge in [-0.2, -0.15) is 5.10 Å². The normalized spacial score (nSPS) is 11.4. The van der Waals surface area contributed by atoms with Crippen LogP contribution in [0.4, 0.5) is 5.69 Å². The summed E-state index contributed by atoms with van der Waals surface area (Å²) in [5.41, 5.74) is 0.0447. The number of nitrogens with zero attached hydrogens (tertiary/aromatic N) is 1. The molecule has 0 fully saturated rings. The fraction of sp³-hybridized carbons (Fsp3) is 0.333. The highest BCUT2D eigenvalue weighted by atomic mass is 35.5. The van der Waals surface area contributed by atoms with Crippen molar-refractivity contribution >= 4 is 29.7 Å². The molecule has 9 heteroatoms. The monoisotopic (exact) mass is 374 g/mol. The van der Waals surface area contributed by atoms with Crippen molar-refractivity contribution in [2.24, 2.45) is 0 Å². The summed E-state index contributed by atoms with van der Waals surface area (Å²) in [5, 5.41) is 21.9. The van der Waals surface area contributed by atoms with Gasteiger partial charge in [0.05, 0.1) is 11.9 Å². The second-order valence-electron chi connectivity index (χ2n) is 4.84. The van der Waals surface area contributed by atoms with Crippen molar-refractivity contribution in [3.05, 3.63) is 51.9 Å². The van der Waals surface area contributed by atoms with Gasteiger partial charge in [-0.25, -0.2) is 5.10 Å². The average Bonchev–Trinajstić information content (AvgIpc) is 2.57. The standard InChI is InChI=1S/C15H19ClN4O3.ClH/c16-14-13(9-19-20-15(14)22)18-7-6-17-8-11(21)10-23-12-4-2-1-3-5-12;/h1-5,9,11,17,21H,6-8,10H2,(H2,18,20,22);1H. The maximum Gasteiger partial charge on any atom is 0.285 e. The molecular weight excluding hydrogens is 355 g/mol. The summed E-state index contributed by atoms with van der Waals surface area (Å²) in [6.45, 7) is 1.74.